The molecular weight excluding hydrogens is 376 g/mol. The van der Waals surface area contributed by atoms with Crippen LogP contribution in [-0.2, 0) is 14.3 Å². The molecular formula is C25H22N2O3. The van der Waals surface area contributed by atoms with Gasteiger partial charge in [0.2, 0.25) is 0 Å². The molecule has 1 aliphatic rings. The number of hydrogen-bond acceptors (Lipinski definition) is 5. The first-order chi connectivity index (χ1) is 14.5. The highest BCUT2D eigenvalue weighted by molar-refractivity contribution is 5.98. The number of hydrogen-bond donors (Lipinski definition) is 1. The molecule has 1 aromatic heterocycles. The minimum atomic E-state index is -0.535. The normalized spacial score (nSPS) is 16.4. The molecule has 0 amide bonds. The summed E-state index contributed by atoms with van der Waals surface area (Å²) in [4.78, 5) is 29.4. The van der Waals surface area contributed by atoms with Crippen LogP contribution in [0.4, 0.5) is 0 Å². The van der Waals surface area contributed by atoms with E-state index in [1.807, 2.05) is 68.6 Å². The molecule has 30 heavy (non-hydrogen) atoms. The second-order valence-electron chi connectivity index (χ2n) is 7.29. The first-order valence-electron chi connectivity index (χ1n) is 9.71. The summed E-state index contributed by atoms with van der Waals surface area (Å²) in [5.41, 5.74) is 6.02. The third-order valence-electron chi connectivity index (χ3n) is 5.52. The van der Waals surface area contributed by atoms with E-state index in [0.717, 1.165) is 39.6 Å². The third-order valence-corrected chi connectivity index (χ3v) is 5.52. The number of rotatable bonds is 4. The Hall–Kier alpha value is -3.73. The summed E-state index contributed by atoms with van der Waals surface area (Å²) in [6.07, 6.45) is 2.66. The van der Waals surface area contributed by atoms with E-state index in [-0.39, 0.29) is 0 Å². The molecule has 5 nitrogen and oxygen atoms in total. The number of allylic oxidation sites excluding steroid dienone is 3. The predicted molar refractivity (Wildman–Crippen MR) is 117 cm³/mol. The molecule has 150 valence electrons. The zero-order valence-electron chi connectivity index (χ0n) is 17.1. The molecule has 5 heteroatoms. The lowest BCUT2D eigenvalue weighted by Gasteiger charge is -2.29. The van der Waals surface area contributed by atoms with Crippen LogP contribution in [0.25, 0.3) is 22.0 Å². The second-order valence-corrected chi connectivity index (χ2v) is 7.29. The summed E-state index contributed by atoms with van der Waals surface area (Å²) < 4.78 is 5.05. The smallest absolute Gasteiger partial charge is 0.336 e. The van der Waals surface area contributed by atoms with Crippen molar-refractivity contribution in [2.24, 2.45) is 0 Å². The fourth-order valence-electron chi connectivity index (χ4n) is 4.08. The topological polar surface area (TPSA) is 68.3 Å². The predicted octanol–water partition coefficient (Wildman–Crippen LogP) is 4.51. The Labute approximate surface area is 175 Å². The number of carbonyl (C=O) groups is 2. The number of nitrogens with one attached hydrogen (secondary N) is 1. The molecule has 0 saturated carbocycles. The zero-order chi connectivity index (χ0) is 21.3. The van der Waals surface area contributed by atoms with E-state index < -0.39 is 11.9 Å². The van der Waals surface area contributed by atoms with Crippen LogP contribution in [0.5, 0.6) is 0 Å². The van der Waals surface area contributed by atoms with Gasteiger partial charge in [-0.25, -0.2) is 4.79 Å². The maximum Gasteiger partial charge on any atom is 0.336 e. The van der Waals surface area contributed by atoms with E-state index in [1.54, 1.807) is 0 Å². The number of fused-ring (bicyclic) bond motifs is 1. The minimum absolute atomic E-state index is 0.433. The quantitative estimate of drug-likeness (QED) is 0.517. The highest BCUT2D eigenvalue weighted by Crippen LogP contribution is 2.40. The summed E-state index contributed by atoms with van der Waals surface area (Å²) in [5.74, 6) is -0.992. The molecule has 2 heterocycles. The lowest BCUT2D eigenvalue weighted by Crippen LogP contribution is -2.29. The Morgan fingerprint density at radius 2 is 1.80 bits per heavy atom. The number of methoxy groups -OCH3 is 1. The van der Waals surface area contributed by atoms with E-state index in [9.17, 15) is 9.59 Å². The van der Waals surface area contributed by atoms with Crippen molar-refractivity contribution in [3.8, 4) is 11.1 Å². The monoisotopic (exact) mass is 398 g/mol. The molecule has 0 spiro atoms. The molecule has 0 bridgehead atoms. The maximum absolute atomic E-state index is 12.7. The molecule has 0 fully saturated rings. The van der Waals surface area contributed by atoms with Crippen LogP contribution in [0.3, 0.4) is 0 Å². The van der Waals surface area contributed by atoms with E-state index in [2.05, 4.69) is 16.4 Å². The number of benzene rings is 2. The number of dihydropyridines is 1. The van der Waals surface area contributed by atoms with Crippen LogP contribution in [0.1, 0.15) is 25.3 Å². The number of ether oxygens (including phenoxy) is 1. The van der Waals surface area contributed by atoms with Gasteiger partial charge in [-0.1, -0.05) is 42.5 Å². The van der Waals surface area contributed by atoms with Gasteiger partial charge in [-0.05, 0) is 37.1 Å². The van der Waals surface area contributed by atoms with Crippen molar-refractivity contribution >= 4 is 23.2 Å². The molecule has 0 aliphatic carbocycles. The Bertz CT molecular complexity index is 1210. The molecule has 1 unspecified atom stereocenters. The number of aromatic nitrogens is 1. The summed E-state index contributed by atoms with van der Waals surface area (Å²) in [7, 11) is 1.35. The Kier molecular flexibility index (Phi) is 5.19. The van der Waals surface area contributed by atoms with Crippen molar-refractivity contribution in [2.75, 3.05) is 7.11 Å². The van der Waals surface area contributed by atoms with E-state index in [4.69, 9.17) is 4.74 Å². The van der Waals surface area contributed by atoms with Gasteiger partial charge in [0.05, 0.1) is 18.2 Å². The van der Waals surface area contributed by atoms with Gasteiger partial charge in [-0.3, -0.25) is 9.78 Å². The van der Waals surface area contributed by atoms with Gasteiger partial charge in [0.15, 0.2) is 0 Å². The van der Waals surface area contributed by atoms with Crippen molar-refractivity contribution < 1.29 is 14.3 Å². The van der Waals surface area contributed by atoms with Crippen LogP contribution in [0.2, 0.25) is 0 Å². The number of nitrogens with zero attached hydrogens (tertiary/aromatic N) is 1. The maximum atomic E-state index is 12.7. The van der Waals surface area contributed by atoms with Crippen molar-refractivity contribution in [1.29, 1.82) is 0 Å². The SMILES string of the molecule is COC(=O)C1=C(C)NC(C)=C(C=O)C1c1cccc2ncc(-c3ccccc3)cc12. The summed E-state index contributed by atoms with van der Waals surface area (Å²) in [5, 5.41) is 4.04. The molecule has 4 rings (SSSR count). The van der Waals surface area contributed by atoms with Gasteiger partial charge in [0.1, 0.15) is 6.29 Å². The molecule has 0 saturated heterocycles. The first kappa shape index (κ1) is 19.6. The third kappa shape index (κ3) is 3.28. The minimum Gasteiger partial charge on any atom is -0.466 e. The second kappa shape index (κ2) is 7.95. The zero-order valence-corrected chi connectivity index (χ0v) is 17.1. The highest BCUT2D eigenvalue weighted by atomic mass is 16.5. The average molecular weight is 398 g/mol. The van der Waals surface area contributed by atoms with Crippen molar-refractivity contribution in [3.63, 3.8) is 0 Å². The first-order valence-corrected chi connectivity index (χ1v) is 9.71. The number of esters is 1. The van der Waals surface area contributed by atoms with Crippen LogP contribution >= 0.6 is 0 Å². The number of aldehydes is 1. The molecule has 2 aromatic carbocycles. The van der Waals surface area contributed by atoms with Crippen LogP contribution in [0, 0.1) is 0 Å². The highest BCUT2D eigenvalue weighted by Gasteiger charge is 2.34. The molecule has 1 aliphatic heterocycles. The van der Waals surface area contributed by atoms with Crippen LogP contribution in [-0.4, -0.2) is 24.3 Å². The molecule has 3 aromatic rings. The Morgan fingerprint density at radius 3 is 2.50 bits per heavy atom. The van der Waals surface area contributed by atoms with Gasteiger partial charge in [0, 0.05) is 40.0 Å². The summed E-state index contributed by atoms with van der Waals surface area (Å²) in [6.45, 7) is 3.66. The summed E-state index contributed by atoms with van der Waals surface area (Å²) in [6, 6.07) is 17.8. The van der Waals surface area contributed by atoms with E-state index >= 15 is 0 Å². The van der Waals surface area contributed by atoms with Gasteiger partial charge >= 0.3 is 5.97 Å². The van der Waals surface area contributed by atoms with Crippen LogP contribution in [0.15, 0.2) is 83.3 Å². The van der Waals surface area contributed by atoms with Crippen molar-refractivity contribution in [2.45, 2.75) is 19.8 Å². The molecule has 0 radical (unpaired) electrons. The van der Waals surface area contributed by atoms with Gasteiger partial charge < -0.3 is 10.1 Å². The number of carbonyl (C=O) groups excluding carboxylic acids is 2. The largest absolute Gasteiger partial charge is 0.466 e. The Morgan fingerprint density at radius 1 is 1.03 bits per heavy atom. The molecule has 1 N–H and O–H groups in total. The van der Waals surface area contributed by atoms with Gasteiger partial charge in [-0.2, -0.15) is 0 Å². The average Bonchev–Trinajstić information content (AvgIpc) is 2.78. The molecule has 1 atom stereocenters. The van der Waals surface area contributed by atoms with E-state index in [1.165, 1.54) is 7.11 Å². The standard InChI is InChI=1S/C25H22N2O3/c1-15-21(14-28)24(23(16(2)27-15)25(29)30-3)19-10-7-11-22-20(19)12-18(13-26-22)17-8-5-4-6-9-17/h4-14,24,27H,1-3H3. The lowest BCUT2D eigenvalue weighted by atomic mass is 9.79. The van der Waals surface area contributed by atoms with Crippen LogP contribution < -0.4 is 5.32 Å². The van der Waals surface area contributed by atoms with Gasteiger partial charge in [0.25, 0.3) is 0 Å². The van der Waals surface area contributed by atoms with Gasteiger partial charge in [-0.15, -0.1) is 0 Å². The fourth-order valence-corrected chi connectivity index (χ4v) is 4.08. The number of pyridine rings is 1. The lowest BCUT2D eigenvalue weighted by molar-refractivity contribution is -0.136. The fraction of sp³-hybridized carbons (Fsp3) is 0.160. The van der Waals surface area contributed by atoms with E-state index in [0.29, 0.717) is 16.8 Å². The van der Waals surface area contributed by atoms with Crippen molar-refractivity contribution in [3.05, 3.63) is 88.9 Å². The van der Waals surface area contributed by atoms with Crippen molar-refractivity contribution in [1.82, 2.24) is 10.3 Å². The Balaban J connectivity index is 1.99. The summed E-state index contributed by atoms with van der Waals surface area (Å²) >= 11 is 0.